The molecule has 1 unspecified atom stereocenters. The molecule has 0 aliphatic rings. The minimum Gasteiger partial charge on any atom is -0.395 e. The molecule has 0 heterocycles. The average Bonchev–Trinajstić information content (AvgIpc) is 1.86. The van der Waals surface area contributed by atoms with E-state index in [1.54, 1.807) is 0 Å². The van der Waals surface area contributed by atoms with Gasteiger partial charge in [-0.3, -0.25) is 0 Å². The summed E-state index contributed by atoms with van der Waals surface area (Å²) in [5.41, 5.74) is 0. The SMILES string of the molecule is CC(O)CN(CCO)[SH](=O)=O. The van der Waals surface area contributed by atoms with E-state index >= 15 is 0 Å². The van der Waals surface area contributed by atoms with Crippen molar-refractivity contribution in [2.24, 2.45) is 0 Å². The Morgan fingerprint density at radius 1 is 1.55 bits per heavy atom. The summed E-state index contributed by atoms with van der Waals surface area (Å²) in [5, 5.41) is 17.2. The van der Waals surface area contributed by atoms with Gasteiger partial charge in [0, 0.05) is 13.1 Å². The van der Waals surface area contributed by atoms with Gasteiger partial charge in [-0.1, -0.05) is 0 Å². The van der Waals surface area contributed by atoms with Gasteiger partial charge in [0.05, 0.1) is 12.7 Å². The molecule has 0 aliphatic carbocycles. The van der Waals surface area contributed by atoms with Crippen molar-refractivity contribution in [1.82, 2.24) is 4.31 Å². The molecule has 2 N–H and O–H groups in total. The number of nitrogens with zero attached hydrogens (tertiary/aromatic N) is 1. The Hall–Kier alpha value is -0.170. The standard InChI is InChI=1S/C5H13NO4S/c1-5(8)4-6(2-3-7)11(9)10/h5,7-8,11H,2-4H2,1H3. The van der Waals surface area contributed by atoms with E-state index in [1.807, 2.05) is 0 Å². The third-order valence-electron chi connectivity index (χ3n) is 1.06. The fraction of sp³-hybridized carbons (Fsp3) is 1.00. The number of thiol groups is 1. The van der Waals surface area contributed by atoms with Crippen LogP contribution in [0.15, 0.2) is 0 Å². The minimum atomic E-state index is -2.69. The first kappa shape index (κ1) is 10.8. The van der Waals surface area contributed by atoms with Crippen molar-refractivity contribution in [3.63, 3.8) is 0 Å². The Labute approximate surface area is 67.3 Å². The lowest BCUT2D eigenvalue weighted by atomic mass is 10.4. The number of hydrogen-bond acceptors (Lipinski definition) is 4. The van der Waals surface area contributed by atoms with Crippen LogP contribution in [0.4, 0.5) is 0 Å². The van der Waals surface area contributed by atoms with Gasteiger partial charge in [0.1, 0.15) is 0 Å². The van der Waals surface area contributed by atoms with E-state index in [4.69, 9.17) is 10.2 Å². The molecule has 0 radical (unpaired) electrons. The van der Waals surface area contributed by atoms with Gasteiger partial charge in [-0.2, -0.15) is 4.31 Å². The topological polar surface area (TPSA) is 77.8 Å². The Balaban J connectivity index is 3.89. The Kier molecular flexibility index (Phi) is 5.39. The van der Waals surface area contributed by atoms with Crippen molar-refractivity contribution >= 4 is 10.9 Å². The molecule has 0 aliphatic heterocycles. The summed E-state index contributed by atoms with van der Waals surface area (Å²) in [6.45, 7) is 1.35. The van der Waals surface area contributed by atoms with Crippen LogP contribution < -0.4 is 0 Å². The molecule has 11 heavy (non-hydrogen) atoms. The molecule has 0 fully saturated rings. The van der Waals surface area contributed by atoms with E-state index in [1.165, 1.54) is 6.92 Å². The molecular formula is C5H13NO4S. The number of hydrogen-bond donors (Lipinski definition) is 3. The van der Waals surface area contributed by atoms with Crippen LogP contribution in [-0.2, 0) is 10.9 Å². The molecule has 0 saturated carbocycles. The van der Waals surface area contributed by atoms with E-state index in [0.29, 0.717) is 0 Å². The van der Waals surface area contributed by atoms with Gasteiger partial charge < -0.3 is 10.2 Å². The van der Waals surface area contributed by atoms with E-state index in [0.717, 1.165) is 4.31 Å². The molecule has 0 rings (SSSR count). The molecule has 0 saturated heterocycles. The zero-order chi connectivity index (χ0) is 8.85. The Morgan fingerprint density at radius 3 is 2.36 bits per heavy atom. The zero-order valence-corrected chi connectivity index (χ0v) is 7.20. The van der Waals surface area contributed by atoms with Crippen LogP contribution in [0.25, 0.3) is 0 Å². The lowest BCUT2D eigenvalue weighted by molar-refractivity contribution is 0.154. The van der Waals surface area contributed by atoms with Crippen LogP contribution in [0.5, 0.6) is 0 Å². The molecule has 0 aromatic heterocycles. The maximum absolute atomic E-state index is 10.4. The molecule has 1 atom stereocenters. The fourth-order valence-corrected chi connectivity index (χ4v) is 1.28. The normalized spacial score (nSPS) is 14.3. The summed E-state index contributed by atoms with van der Waals surface area (Å²) < 4.78 is 21.7. The molecule has 68 valence electrons. The summed E-state index contributed by atoms with van der Waals surface area (Å²) in [5.74, 6) is 0. The summed E-state index contributed by atoms with van der Waals surface area (Å²) in [7, 11) is -2.69. The van der Waals surface area contributed by atoms with Gasteiger partial charge in [-0.25, -0.2) is 8.42 Å². The van der Waals surface area contributed by atoms with Gasteiger partial charge in [0.25, 0.3) is 0 Å². The second-order valence-electron chi connectivity index (χ2n) is 2.22. The van der Waals surface area contributed by atoms with Gasteiger partial charge >= 0.3 is 0 Å². The summed E-state index contributed by atoms with van der Waals surface area (Å²) in [6, 6.07) is 0. The first-order valence-electron chi connectivity index (χ1n) is 3.26. The molecule has 0 aromatic rings. The lowest BCUT2D eigenvalue weighted by Gasteiger charge is -2.14. The highest BCUT2D eigenvalue weighted by molar-refractivity contribution is 7.69. The quantitative estimate of drug-likeness (QED) is 0.439. The van der Waals surface area contributed by atoms with Crippen molar-refractivity contribution in [2.45, 2.75) is 13.0 Å². The summed E-state index contributed by atoms with van der Waals surface area (Å²) in [4.78, 5) is 0. The summed E-state index contributed by atoms with van der Waals surface area (Å²) >= 11 is 0. The van der Waals surface area contributed by atoms with Crippen molar-refractivity contribution in [2.75, 3.05) is 19.7 Å². The lowest BCUT2D eigenvalue weighted by Crippen LogP contribution is -2.32. The largest absolute Gasteiger partial charge is 0.395 e. The first-order chi connectivity index (χ1) is 5.07. The first-order valence-corrected chi connectivity index (χ1v) is 4.39. The maximum Gasteiger partial charge on any atom is 0.204 e. The maximum atomic E-state index is 10.4. The van der Waals surface area contributed by atoms with Gasteiger partial charge in [0.15, 0.2) is 0 Å². The number of aliphatic hydroxyl groups excluding tert-OH is 2. The van der Waals surface area contributed by atoms with E-state index in [-0.39, 0.29) is 19.7 Å². The van der Waals surface area contributed by atoms with Crippen LogP contribution in [-0.4, -0.2) is 48.7 Å². The third kappa shape index (κ3) is 5.14. The molecule has 5 nitrogen and oxygen atoms in total. The van der Waals surface area contributed by atoms with Crippen LogP contribution in [0, 0.1) is 0 Å². The number of rotatable bonds is 5. The van der Waals surface area contributed by atoms with Crippen LogP contribution in [0.2, 0.25) is 0 Å². The highest BCUT2D eigenvalue weighted by atomic mass is 32.2. The molecular weight excluding hydrogens is 170 g/mol. The second kappa shape index (κ2) is 5.48. The van der Waals surface area contributed by atoms with Crippen LogP contribution >= 0.6 is 0 Å². The molecule has 0 bridgehead atoms. The van der Waals surface area contributed by atoms with Gasteiger partial charge in [-0.05, 0) is 6.92 Å². The van der Waals surface area contributed by atoms with E-state index in [2.05, 4.69) is 0 Å². The van der Waals surface area contributed by atoms with E-state index in [9.17, 15) is 8.42 Å². The van der Waals surface area contributed by atoms with Gasteiger partial charge in [0.2, 0.25) is 10.9 Å². The Morgan fingerprint density at radius 2 is 2.09 bits per heavy atom. The second-order valence-corrected chi connectivity index (χ2v) is 3.26. The molecule has 0 spiro atoms. The zero-order valence-electron chi connectivity index (χ0n) is 6.30. The van der Waals surface area contributed by atoms with Crippen LogP contribution in [0.1, 0.15) is 6.92 Å². The summed E-state index contributed by atoms with van der Waals surface area (Å²) in [6.07, 6.45) is -0.700. The Bertz CT molecular complexity index is 160. The molecule has 6 heteroatoms. The average molecular weight is 183 g/mol. The minimum absolute atomic E-state index is 0.0409. The molecule has 0 amide bonds. The van der Waals surface area contributed by atoms with Crippen molar-refractivity contribution in [1.29, 1.82) is 0 Å². The monoisotopic (exact) mass is 183 g/mol. The van der Waals surface area contributed by atoms with Crippen molar-refractivity contribution in [3.8, 4) is 0 Å². The van der Waals surface area contributed by atoms with Crippen molar-refractivity contribution < 1.29 is 18.6 Å². The van der Waals surface area contributed by atoms with E-state index < -0.39 is 17.0 Å². The molecule has 0 aromatic carbocycles. The third-order valence-corrected chi connectivity index (χ3v) is 1.89. The van der Waals surface area contributed by atoms with Crippen molar-refractivity contribution in [3.05, 3.63) is 0 Å². The number of aliphatic hydroxyl groups is 2. The van der Waals surface area contributed by atoms with Crippen LogP contribution in [0.3, 0.4) is 0 Å². The predicted molar refractivity (Wildman–Crippen MR) is 40.7 cm³/mol. The predicted octanol–water partition coefficient (Wildman–Crippen LogP) is -1.81. The van der Waals surface area contributed by atoms with Gasteiger partial charge in [-0.15, -0.1) is 0 Å². The highest BCUT2D eigenvalue weighted by Crippen LogP contribution is 1.90. The fourth-order valence-electron chi connectivity index (χ4n) is 0.660. The smallest absolute Gasteiger partial charge is 0.204 e. The highest BCUT2D eigenvalue weighted by Gasteiger charge is 2.08.